The van der Waals surface area contributed by atoms with E-state index in [9.17, 15) is 9.59 Å². The molecule has 0 aromatic heterocycles. The second-order valence-electron chi connectivity index (χ2n) is 7.17. The third kappa shape index (κ3) is 3.61. The first-order chi connectivity index (χ1) is 11.5. The van der Waals surface area contributed by atoms with Crippen molar-refractivity contribution < 1.29 is 9.59 Å². The smallest absolute Gasteiger partial charge is 0.234 e. The SMILES string of the molecule is CCNC1(C)CCN(c2ccc(C3CCC(=O)NC3=O)cc2)CC1. The van der Waals surface area contributed by atoms with Gasteiger partial charge in [0.1, 0.15) is 0 Å². The Kier molecular flexibility index (Phi) is 4.90. The summed E-state index contributed by atoms with van der Waals surface area (Å²) >= 11 is 0. The number of rotatable bonds is 4. The Bertz CT molecular complexity index is 604. The largest absolute Gasteiger partial charge is 0.371 e. The van der Waals surface area contributed by atoms with Crippen molar-refractivity contribution in [1.82, 2.24) is 10.6 Å². The molecule has 1 atom stereocenters. The first kappa shape index (κ1) is 17.0. The van der Waals surface area contributed by atoms with Crippen LogP contribution in [0.4, 0.5) is 5.69 Å². The van der Waals surface area contributed by atoms with Gasteiger partial charge in [0.25, 0.3) is 0 Å². The van der Waals surface area contributed by atoms with Crippen molar-refractivity contribution in [1.29, 1.82) is 0 Å². The van der Waals surface area contributed by atoms with Crippen LogP contribution in [0.1, 0.15) is 51.0 Å². The maximum atomic E-state index is 12.0. The van der Waals surface area contributed by atoms with Crippen LogP contribution in [0.15, 0.2) is 24.3 Å². The topological polar surface area (TPSA) is 61.4 Å². The lowest BCUT2D eigenvalue weighted by Gasteiger charge is -2.41. The molecular weight excluding hydrogens is 302 g/mol. The van der Waals surface area contributed by atoms with E-state index < -0.39 is 0 Å². The lowest BCUT2D eigenvalue weighted by molar-refractivity contribution is -0.134. The summed E-state index contributed by atoms with van der Waals surface area (Å²) in [6, 6.07) is 8.28. The zero-order chi connectivity index (χ0) is 17.2. The highest BCUT2D eigenvalue weighted by Crippen LogP contribution is 2.29. The van der Waals surface area contributed by atoms with Gasteiger partial charge in [0.15, 0.2) is 0 Å². The Hall–Kier alpha value is -1.88. The van der Waals surface area contributed by atoms with E-state index in [1.54, 1.807) is 0 Å². The summed E-state index contributed by atoms with van der Waals surface area (Å²) in [4.78, 5) is 25.7. The molecule has 2 saturated heterocycles. The Morgan fingerprint density at radius 1 is 1.21 bits per heavy atom. The zero-order valence-corrected chi connectivity index (χ0v) is 14.6. The first-order valence-corrected chi connectivity index (χ1v) is 8.94. The quantitative estimate of drug-likeness (QED) is 0.831. The van der Waals surface area contributed by atoms with Gasteiger partial charge < -0.3 is 10.2 Å². The maximum Gasteiger partial charge on any atom is 0.234 e. The average molecular weight is 329 g/mol. The maximum absolute atomic E-state index is 12.0. The molecule has 1 aromatic carbocycles. The summed E-state index contributed by atoms with van der Waals surface area (Å²) in [6.07, 6.45) is 3.30. The number of nitrogens with zero attached hydrogens (tertiary/aromatic N) is 1. The van der Waals surface area contributed by atoms with Crippen LogP contribution in [0.25, 0.3) is 0 Å². The van der Waals surface area contributed by atoms with Crippen LogP contribution >= 0.6 is 0 Å². The summed E-state index contributed by atoms with van der Waals surface area (Å²) in [5, 5.41) is 6.03. The molecular formula is C19H27N3O2. The van der Waals surface area contributed by atoms with Crippen LogP contribution in [0, 0.1) is 0 Å². The van der Waals surface area contributed by atoms with Crippen LogP contribution in [0.5, 0.6) is 0 Å². The summed E-state index contributed by atoms with van der Waals surface area (Å²) in [5.74, 6) is -0.529. The van der Waals surface area contributed by atoms with Gasteiger partial charge in [-0.05, 0) is 50.4 Å². The molecule has 0 spiro atoms. The Morgan fingerprint density at radius 2 is 1.88 bits per heavy atom. The standard InChI is InChI=1S/C19H27N3O2/c1-3-20-19(2)10-12-22(13-11-19)15-6-4-14(5-7-15)16-8-9-17(23)21-18(16)24/h4-7,16,20H,3,8-13H2,1-2H3,(H,21,23,24). The predicted molar refractivity (Wildman–Crippen MR) is 95.1 cm³/mol. The number of carbonyl (C=O) groups excluding carboxylic acids is 2. The van der Waals surface area contributed by atoms with Crippen LogP contribution in [-0.2, 0) is 9.59 Å². The van der Waals surface area contributed by atoms with Crippen LogP contribution < -0.4 is 15.5 Å². The monoisotopic (exact) mass is 329 g/mol. The number of hydrogen-bond donors (Lipinski definition) is 2. The number of amides is 2. The van der Waals surface area contributed by atoms with Crippen molar-refractivity contribution in [2.24, 2.45) is 0 Å². The average Bonchev–Trinajstić information content (AvgIpc) is 2.56. The summed E-state index contributed by atoms with van der Waals surface area (Å²) in [7, 11) is 0. The van der Waals surface area contributed by atoms with Crippen molar-refractivity contribution in [3.63, 3.8) is 0 Å². The highest BCUT2D eigenvalue weighted by Gasteiger charge is 2.30. The summed E-state index contributed by atoms with van der Waals surface area (Å²) in [5.41, 5.74) is 2.46. The van der Waals surface area contributed by atoms with Crippen LogP contribution in [0.2, 0.25) is 0 Å². The van der Waals surface area contributed by atoms with Gasteiger partial charge in [-0.3, -0.25) is 14.9 Å². The van der Waals surface area contributed by atoms with Gasteiger partial charge in [0, 0.05) is 30.7 Å². The van der Waals surface area contributed by atoms with E-state index >= 15 is 0 Å². The molecule has 130 valence electrons. The molecule has 0 bridgehead atoms. The minimum atomic E-state index is -0.199. The van der Waals surface area contributed by atoms with E-state index in [2.05, 4.69) is 41.5 Å². The van der Waals surface area contributed by atoms with Crippen molar-refractivity contribution in [3.8, 4) is 0 Å². The molecule has 5 nitrogen and oxygen atoms in total. The van der Waals surface area contributed by atoms with E-state index in [4.69, 9.17) is 0 Å². The minimum Gasteiger partial charge on any atom is -0.371 e. The molecule has 1 unspecified atom stereocenters. The number of hydrogen-bond acceptors (Lipinski definition) is 4. The van der Waals surface area contributed by atoms with Gasteiger partial charge in [-0.1, -0.05) is 19.1 Å². The van der Waals surface area contributed by atoms with Crippen molar-refractivity contribution in [2.45, 2.75) is 51.0 Å². The number of benzene rings is 1. The Labute approximate surface area is 143 Å². The highest BCUT2D eigenvalue weighted by atomic mass is 16.2. The molecule has 2 amide bonds. The van der Waals surface area contributed by atoms with Crippen molar-refractivity contribution in [2.75, 3.05) is 24.5 Å². The lowest BCUT2D eigenvalue weighted by atomic mass is 9.88. The van der Waals surface area contributed by atoms with Crippen LogP contribution in [-0.4, -0.2) is 37.0 Å². The fourth-order valence-corrected chi connectivity index (χ4v) is 3.79. The second kappa shape index (κ2) is 6.93. The highest BCUT2D eigenvalue weighted by molar-refractivity contribution is 6.00. The van der Waals surface area contributed by atoms with Gasteiger partial charge in [-0.25, -0.2) is 0 Å². The fourth-order valence-electron chi connectivity index (χ4n) is 3.79. The molecule has 3 rings (SSSR count). The molecule has 2 aliphatic heterocycles. The Balaban J connectivity index is 1.63. The predicted octanol–water partition coefficient (Wildman–Crippen LogP) is 2.18. The first-order valence-electron chi connectivity index (χ1n) is 8.94. The fraction of sp³-hybridized carbons (Fsp3) is 0.579. The third-order valence-corrected chi connectivity index (χ3v) is 5.37. The molecule has 24 heavy (non-hydrogen) atoms. The molecule has 2 N–H and O–H groups in total. The van der Waals surface area contributed by atoms with Crippen molar-refractivity contribution in [3.05, 3.63) is 29.8 Å². The summed E-state index contributed by atoms with van der Waals surface area (Å²) < 4.78 is 0. The van der Waals surface area contributed by atoms with E-state index in [1.165, 1.54) is 5.69 Å². The number of imide groups is 1. The van der Waals surface area contributed by atoms with E-state index in [1.807, 2.05) is 12.1 Å². The van der Waals surface area contributed by atoms with E-state index in [0.29, 0.717) is 12.8 Å². The van der Waals surface area contributed by atoms with E-state index in [0.717, 1.165) is 38.0 Å². The van der Waals surface area contributed by atoms with Gasteiger partial charge in [0.2, 0.25) is 11.8 Å². The molecule has 0 radical (unpaired) electrons. The molecule has 1 aromatic rings. The number of nitrogens with one attached hydrogen (secondary N) is 2. The molecule has 2 fully saturated rings. The number of carbonyl (C=O) groups is 2. The molecule has 2 aliphatic rings. The second-order valence-corrected chi connectivity index (χ2v) is 7.17. The van der Waals surface area contributed by atoms with E-state index in [-0.39, 0.29) is 23.3 Å². The van der Waals surface area contributed by atoms with Crippen LogP contribution in [0.3, 0.4) is 0 Å². The van der Waals surface area contributed by atoms with Gasteiger partial charge in [0.05, 0.1) is 5.92 Å². The Morgan fingerprint density at radius 3 is 2.46 bits per heavy atom. The molecule has 2 heterocycles. The summed E-state index contributed by atoms with van der Waals surface area (Å²) in [6.45, 7) is 7.56. The van der Waals surface area contributed by atoms with Gasteiger partial charge in [-0.2, -0.15) is 0 Å². The van der Waals surface area contributed by atoms with Crippen molar-refractivity contribution >= 4 is 17.5 Å². The molecule has 0 saturated carbocycles. The normalized spacial score (nSPS) is 23.9. The number of anilines is 1. The minimum absolute atomic E-state index is 0.162. The molecule has 5 heteroatoms. The van der Waals surface area contributed by atoms with Gasteiger partial charge >= 0.3 is 0 Å². The zero-order valence-electron chi connectivity index (χ0n) is 14.6. The van der Waals surface area contributed by atoms with Gasteiger partial charge in [-0.15, -0.1) is 0 Å². The number of piperidine rings is 2. The molecule has 0 aliphatic carbocycles. The lowest BCUT2D eigenvalue weighted by Crippen LogP contribution is -2.51. The third-order valence-electron chi connectivity index (χ3n) is 5.37.